The molecule has 1 saturated heterocycles. The average Bonchev–Trinajstić information content (AvgIpc) is 3.47. The number of hydrogen-bond acceptors (Lipinski definition) is 5. The quantitative estimate of drug-likeness (QED) is 0.493. The minimum Gasteiger partial charge on any atom is -0.466 e. The van der Waals surface area contributed by atoms with Crippen LogP contribution in [0.1, 0.15) is 42.2 Å². The molecule has 1 fully saturated rings. The Morgan fingerprint density at radius 1 is 1.03 bits per heavy atom. The monoisotopic (exact) mass is 477 g/mol. The normalized spacial score (nSPS) is 22.0. The van der Waals surface area contributed by atoms with Gasteiger partial charge in [0.05, 0.1) is 12.3 Å². The van der Waals surface area contributed by atoms with Gasteiger partial charge in [0, 0.05) is 48.9 Å². The summed E-state index contributed by atoms with van der Waals surface area (Å²) in [5, 5.41) is 7.30. The van der Waals surface area contributed by atoms with Crippen LogP contribution >= 0.6 is 15.9 Å². The van der Waals surface area contributed by atoms with E-state index in [0.29, 0.717) is 0 Å². The fourth-order valence-electron chi connectivity index (χ4n) is 5.08. The molecule has 0 saturated carbocycles. The lowest BCUT2D eigenvalue weighted by Crippen LogP contribution is -2.59. The van der Waals surface area contributed by atoms with E-state index in [9.17, 15) is 0 Å². The second-order valence-electron chi connectivity index (χ2n) is 8.58. The van der Waals surface area contributed by atoms with Crippen molar-refractivity contribution in [3.8, 4) is 5.75 Å². The number of nitrogens with zero attached hydrogens (tertiary/aromatic N) is 3. The minimum absolute atomic E-state index is 0.169. The molecule has 6 heteroatoms. The van der Waals surface area contributed by atoms with Gasteiger partial charge in [0.15, 0.2) is 0 Å². The lowest BCUT2D eigenvalue weighted by Gasteiger charge is -2.51. The maximum atomic E-state index is 6.73. The van der Waals surface area contributed by atoms with Gasteiger partial charge in [-0.1, -0.05) is 46.3 Å². The van der Waals surface area contributed by atoms with Crippen molar-refractivity contribution < 1.29 is 9.15 Å². The number of piperidine rings is 1. The lowest BCUT2D eigenvalue weighted by molar-refractivity contribution is -0.150. The van der Waals surface area contributed by atoms with Crippen molar-refractivity contribution in [1.82, 2.24) is 9.91 Å². The molecule has 0 aliphatic carbocycles. The number of ether oxygens (including phenoxy) is 1. The Labute approximate surface area is 190 Å². The molecular formula is C25H24BrN3O2. The summed E-state index contributed by atoms with van der Waals surface area (Å²) in [6.07, 6.45) is 4.38. The van der Waals surface area contributed by atoms with Crippen LogP contribution in [0.4, 0.5) is 0 Å². The van der Waals surface area contributed by atoms with E-state index in [1.54, 1.807) is 6.26 Å². The van der Waals surface area contributed by atoms with Gasteiger partial charge in [0.25, 0.3) is 0 Å². The van der Waals surface area contributed by atoms with Gasteiger partial charge in [-0.15, -0.1) is 0 Å². The van der Waals surface area contributed by atoms with Gasteiger partial charge in [-0.25, -0.2) is 5.01 Å². The molecule has 31 heavy (non-hydrogen) atoms. The van der Waals surface area contributed by atoms with Gasteiger partial charge < -0.3 is 9.15 Å². The number of hydrogen-bond donors (Lipinski definition) is 0. The van der Waals surface area contributed by atoms with Crippen LogP contribution in [0.15, 0.2) is 80.9 Å². The summed E-state index contributed by atoms with van der Waals surface area (Å²) < 4.78 is 13.5. The Morgan fingerprint density at radius 3 is 2.65 bits per heavy atom. The molecule has 0 radical (unpaired) electrons. The van der Waals surface area contributed by atoms with Gasteiger partial charge in [-0.3, -0.25) is 4.90 Å². The first kappa shape index (κ1) is 19.1. The van der Waals surface area contributed by atoms with Gasteiger partial charge in [-0.05, 0) is 35.9 Å². The maximum absolute atomic E-state index is 6.73. The molecule has 0 bridgehead atoms. The SMILES string of the molecule is Brc1ccc2c(c1)[C@H]1CC(c3ccco3)=NN1C1(CCN(Cc3ccccc3)CC1)O2. The van der Waals surface area contributed by atoms with E-state index in [1.165, 1.54) is 11.1 Å². The van der Waals surface area contributed by atoms with E-state index in [-0.39, 0.29) is 6.04 Å². The minimum atomic E-state index is -0.410. The van der Waals surface area contributed by atoms with Crippen molar-refractivity contribution in [2.24, 2.45) is 5.10 Å². The first-order chi connectivity index (χ1) is 15.2. The number of rotatable bonds is 3. The number of halogens is 1. The van der Waals surface area contributed by atoms with Gasteiger partial charge in [0.1, 0.15) is 17.2 Å². The van der Waals surface area contributed by atoms with E-state index in [0.717, 1.165) is 60.6 Å². The fourth-order valence-corrected chi connectivity index (χ4v) is 5.46. The van der Waals surface area contributed by atoms with Crippen LogP contribution in [0.2, 0.25) is 0 Å². The number of fused-ring (bicyclic) bond motifs is 4. The molecule has 6 rings (SSSR count). The second-order valence-corrected chi connectivity index (χ2v) is 9.50. The van der Waals surface area contributed by atoms with E-state index >= 15 is 0 Å². The van der Waals surface area contributed by atoms with E-state index < -0.39 is 5.72 Å². The Balaban J connectivity index is 1.30. The Bertz CT molecular complexity index is 1110. The zero-order chi connectivity index (χ0) is 20.8. The summed E-state index contributed by atoms with van der Waals surface area (Å²) in [4.78, 5) is 2.52. The van der Waals surface area contributed by atoms with Crippen molar-refractivity contribution in [3.05, 3.63) is 88.3 Å². The van der Waals surface area contributed by atoms with Crippen LogP contribution in [0.5, 0.6) is 5.75 Å². The van der Waals surface area contributed by atoms with Crippen LogP contribution < -0.4 is 4.74 Å². The highest BCUT2D eigenvalue weighted by Gasteiger charge is 2.52. The van der Waals surface area contributed by atoms with Crippen molar-refractivity contribution in [1.29, 1.82) is 0 Å². The highest BCUT2D eigenvalue weighted by molar-refractivity contribution is 9.10. The summed E-state index contributed by atoms with van der Waals surface area (Å²) in [5.41, 5.74) is 3.14. The Hall–Kier alpha value is -2.57. The highest BCUT2D eigenvalue weighted by Crippen LogP contribution is 2.50. The zero-order valence-corrected chi connectivity index (χ0v) is 18.8. The third-order valence-electron chi connectivity index (χ3n) is 6.65. The molecule has 4 heterocycles. The molecular weight excluding hydrogens is 454 g/mol. The molecule has 158 valence electrons. The van der Waals surface area contributed by atoms with E-state index in [2.05, 4.69) is 74.4 Å². The third kappa shape index (κ3) is 3.38. The molecule has 0 amide bonds. The summed E-state index contributed by atoms with van der Waals surface area (Å²) in [5.74, 6) is 1.83. The van der Waals surface area contributed by atoms with Crippen molar-refractivity contribution in [3.63, 3.8) is 0 Å². The van der Waals surface area contributed by atoms with Crippen molar-refractivity contribution in [2.45, 2.75) is 37.6 Å². The zero-order valence-electron chi connectivity index (χ0n) is 17.2. The number of benzene rings is 2. The Morgan fingerprint density at radius 2 is 1.87 bits per heavy atom. The van der Waals surface area contributed by atoms with Crippen LogP contribution in [0, 0.1) is 0 Å². The van der Waals surface area contributed by atoms with Crippen LogP contribution in [0.3, 0.4) is 0 Å². The summed E-state index contributed by atoms with van der Waals surface area (Å²) in [7, 11) is 0. The highest BCUT2D eigenvalue weighted by atomic mass is 79.9. The van der Waals surface area contributed by atoms with Crippen LogP contribution in [-0.4, -0.2) is 34.4 Å². The van der Waals surface area contributed by atoms with E-state index in [4.69, 9.17) is 14.3 Å². The topological polar surface area (TPSA) is 41.2 Å². The van der Waals surface area contributed by atoms with Gasteiger partial charge >= 0.3 is 0 Å². The number of likely N-dealkylation sites (tertiary alicyclic amines) is 1. The van der Waals surface area contributed by atoms with E-state index in [1.807, 2.05) is 12.1 Å². The molecule has 3 aromatic rings. The van der Waals surface area contributed by atoms with Crippen LogP contribution in [-0.2, 0) is 6.54 Å². The summed E-state index contributed by atoms with van der Waals surface area (Å²) in [6, 6.07) is 21.1. The smallest absolute Gasteiger partial charge is 0.200 e. The van der Waals surface area contributed by atoms with Crippen LogP contribution in [0.25, 0.3) is 0 Å². The first-order valence-electron chi connectivity index (χ1n) is 10.9. The molecule has 1 aromatic heterocycles. The molecule has 3 aliphatic rings. The molecule has 5 nitrogen and oxygen atoms in total. The molecule has 0 unspecified atom stereocenters. The lowest BCUT2D eigenvalue weighted by atomic mass is 9.91. The van der Waals surface area contributed by atoms with Gasteiger partial charge in [0.2, 0.25) is 5.72 Å². The predicted octanol–water partition coefficient (Wildman–Crippen LogP) is 5.58. The number of furan rings is 1. The largest absolute Gasteiger partial charge is 0.466 e. The molecule has 0 N–H and O–H groups in total. The second kappa shape index (κ2) is 7.53. The molecule has 1 spiro atoms. The Kier molecular flexibility index (Phi) is 4.65. The molecule has 1 atom stereocenters. The molecule has 2 aromatic carbocycles. The first-order valence-corrected chi connectivity index (χ1v) is 11.6. The third-order valence-corrected chi connectivity index (χ3v) is 7.14. The van der Waals surface area contributed by atoms with Crippen molar-refractivity contribution >= 4 is 21.6 Å². The molecule has 3 aliphatic heterocycles. The fraction of sp³-hybridized carbons (Fsp3) is 0.320. The summed E-state index contributed by atoms with van der Waals surface area (Å²) in [6.45, 7) is 2.94. The average molecular weight is 478 g/mol. The number of hydrazone groups is 1. The van der Waals surface area contributed by atoms with Gasteiger partial charge in [-0.2, -0.15) is 5.10 Å². The summed E-state index contributed by atoms with van der Waals surface area (Å²) >= 11 is 3.63. The maximum Gasteiger partial charge on any atom is 0.200 e. The van der Waals surface area contributed by atoms with Crippen molar-refractivity contribution in [2.75, 3.05) is 13.1 Å². The standard InChI is InChI=1S/C25H24BrN3O2/c26-19-8-9-23-20(15-19)22-16-21(24-7-4-14-30-24)27-29(22)25(31-23)10-12-28(13-11-25)17-18-5-2-1-3-6-18/h1-9,14-15,22H,10-13,16-17H2/t22-/m1/s1. The predicted molar refractivity (Wildman–Crippen MR) is 123 cm³/mol.